The van der Waals surface area contributed by atoms with E-state index in [0.29, 0.717) is 24.3 Å². The van der Waals surface area contributed by atoms with Gasteiger partial charge in [0.1, 0.15) is 18.4 Å². The standard InChI is InChI=1S/C22H24N2O4/c1-15(2)19(24-20(25)17-11-7-8-12-18(17)21(24)26)22(27)23(3)13-14-28-16-9-5-4-6-10-16/h4-12,15,19H,13-14H2,1-3H3. The lowest BCUT2D eigenvalue weighted by Crippen LogP contribution is -2.53. The fourth-order valence-electron chi connectivity index (χ4n) is 3.31. The smallest absolute Gasteiger partial charge is 0.262 e. The molecule has 28 heavy (non-hydrogen) atoms. The first-order valence-electron chi connectivity index (χ1n) is 9.31. The van der Waals surface area contributed by atoms with E-state index in [4.69, 9.17) is 4.74 Å². The summed E-state index contributed by atoms with van der Waals surface area (Å²) in [6.07, 6.45) is 0. The maximum absolute atomic E-state index is 13.1. The van der Waals surface area contributed by atoms with E-state index in [-0.39, 0.29) is 11.8 Å². The first kappa shape index (κ1) is 19.6. The van der Waals surface area contributed by atoms with E-state index >= 15 is 0 Å². The first-order valence-corrected chi connectivity index (χ1v) is 9.31. The Bertz CT molecular complexity index is 844. The number of hydrogen-bond donors (Lipinski definition) is 0. The molecule has 0 N–H and O–H groups in total. The Balaban J connectivity index is 1.71. The van der Waals surface area contributed by atoms with E-state index in [1.807, 2.05) is 44.2 Å². The Morgan fingerprint density at radius 1 is 0.964 bits per heavy atom. The molecule has 0 radical (unpaired) electrons. The molecule has 0 aromatic heterocycles. The molecule has 1 unspecified atom stereocenters. The van der Waals surface area contributed by atoms with Gasteiger partial charge >= 0.3 is 0 Å². The highest BCUT2D eigenvalue weighted by atomic mass is 16.5. The van der Waals surface area contributed by atoms with Crippen molar-refractivity contribution >= 4 is 17.7 Å². The summed E-state index contributed by atoms with van der Waals surface area (Å²) in [5, 5.41) is 0. The quantitative estimate of drug-likeness (QED) is 0.693. The SMILES string of the molecule is CC(C)C(C(=O)N(C)CCOc1ccccc1)N1C(=O)c2ccccc2C1=O. The van der Waals surface area contributed by atoms with Crippen molar-refractivity contribution < 1.29 is 19.1 Å². The van der Waals surface area contributed by atoms with E-state index in [1.54, 1.807) is 31.3 Å². The topological polar surface area (TPSA) is 66.9 Å². The molecular weight excluding hydrogens is 356 g/mol. The minimum atomic E-state index is -0.853. The van der Waals surface area contributed by atoms with E-state index < -0.39 is 17.9 Å². The zero-order valence-corrected chi connectivity index (χ0v) is 16.3. The van der Waals surface area contributed by atoms with Gasteiger partial charge in [0.25, 0.3) is 11.8 Å². The largest absolute Gasteiger partial charge is 0.492 e. The molecule has 1 heterocycles. The van der Waals surface area contributed by atoms with Crippen LogP contribution in [0.4, 0.5) is 0 Å². The number of carbonyl (C=O) groups excluding carboxylic acids is 3. The zero-order chi connectivity index (χ0) is 20.3. The van der Waals surface area contributed by atoms with E-state index in [0.717, 1.165) is 10.6 Å². The Morgan fingerprint density at radius 2 is 1.50 bits per heavy atom. The van der Waals surface area contributed by atoms with Crippen molar-refractivity contribution in [2.45, 2.75) is 19.9 Å². The maximum atomic E-state index is 13.1. The molecule has 0 aliphatic carbocycles. The predicted octanol–water partition coefficient (Wildman–Crippen LogP) is 2.84. The number of ether oxygens (including phenoxy) is 1. The van der Waals surface area contributed by atoms with Crippen molar-refractivity contribution in [2.75, 3.05) is 20.2 Å². The van der Waals surface area contributed by atoms with Crippen LogP contribution in [0.3, 0.4) is 0 Å². The van der Waals surface area contributed by atoms with E-state index in [1.165, 1.54) is 4.90 Å². The van der Waals surface area contributed by atoms with Crippen LogP contribution >= 0.6 is 0 Å². The monoisotopic (exact) mass is 380 g/mol. The van der Waals surface area contributed by atoms with Crippen molar-refractivity contribution in [1.29, 1.82) is 0 Å². The van der Waals surface area contributed by atoms with Crippen LogP contribution in [-0.4, -0.2) is 53.8 Å². The molecule has 1 aliphatic heterocycles. The van der Waals surface area contributed by atoms with Crippen molar-refractivity contribution in [1.82, 2.24) is 9.80 Å². The molecule has 3 amide bonds. The molecule has 0 spiro atoms. The molecule has 6 nitrogen and oxygen atoms in total. The number of likely N-dealkylation sites (N-methyl/N-ethyl adjacent to an activating group) is 1. The molecule has 2 aromatic rings. The second-order valence-electron chi connectivity index (χ2n) is 7.14. The molecule has 0 fully saturated rings. The highest BCUT2D eigenvalue weighted by molar-refractivity contribution is 6.22. The van der Waals surface area contributed by atoms with E-state index in [9.17, 15) is 14.4 Å². The minimum absolute atomic E-state index is 0.216. The molecule has 0 saturated heterocycles. The van der Waals surface area contributed by atoms with Crippen LogP contribution in [0, 0.1) is 5.92 Å². The van der Waals surface area contributed by atoms with Gasteiger partial charge in [-0.05, 0) is 30.2 Å². The van der Waals surface area contributed by atoms with Crippen LogP contribution in [-0.2, 0) is 4.79 Å². The highest BCUT2D eigenvalue weighted by Crippen LogP contribution is 2.27. The number of amides is 3. The maximum Gasteiger partial charge on any atom is 0.262 e. The summed E-state index contributed by atoms with van der Waals surface area (Å²) in [6, 6.07) is 15.2. The second-order valence-corrected chi connectivity index (χ2v) is 7.14. The number of carbonyl (C=O) groups is 3. The van der Waals surface area contributed by atoms with Gasteiger partial charge in [0, 0.05) is 7.05 Å². The van der Waals surface area contributed by atoms with Crippen molar-refractivity contribution in [3.8, 4) is 5.75 Å². The Labute approximate surface area is 164 Å². The van der Waals surface area contributed by atoms with Gasteiger partial charge in [-0.3, -0.25) is 19.3 Å². The highest BCUT2D eigenvalue weighted by Gasteiger charge is 2.44. The summed E-state index contributed by atoms with van der Waals surface area (Å²) in [7, 11) is 1.66. The van der Waals surface area contributed by atoms with Crippen LogP contribution in [0.15, 0.2) is 54.6 Å². The van der Waals surface area contributed by atoms with Crippen molar-refractivity contribution in [2.24, 2.45) is 5.92 Å². The van der Waals surface area contributed by atoms with Crippen LogP contribution < -0.4 is 4.74 Å². The number of rotatable bonds is 7. The average molecular weight is 380 g/mol. The Hall–Kier alpha value is -3.15. The first-order chi connectivity index (χ1) is 13.4. The summed E-state index contributed by atoms with van der Waals surface area (Å²) < 4.78 is 5.64. The Kier molecular flexibility index (Phi) is 5.78. The summed E-state index contributed by atoms with van der Waals surface area (Å²) in [6.45, 7) is 4.33. The summed E-state index contributed by atoms with van der Waals surface area (Å²) in [5.74, 6) is -0.597. The number of fused-ring (bicyclic) bond motifs is 1. The predicted molar refractivity (Wildman–Crippen MR) is 105 cm³/mol. The normalized spacial score (nSPS) is 14.2. The second kappa shape index (κ2) is 8.25. The van der Waals surface area contributed by atoms with Crippen molar-refractivity contribution in [3.05, 3.63) is 65.7 Å². The number of hydrogen-bond acceptors (Lipinski definition) is 4. The Morgan fingerprint density at radius 3 is 2.04 bits per heavy atom. The minimum Gasteiger partial charge on any atom is -0.492 e. The fraction of sp³-hybridized carbons (Fsp3) is 0.318. The lowest BCUT2D eigenvalue weighted by molar-refractivity contribution is -0.135. The molecule has 0 bridgehead atoms. The lowest BCUT2D eigenvalue weighted by atomic mass is 10.0. The van der Waals surface area contributed by atoms with Crippen LogP contribution in [0.5, 0.6) is 5.75 Å². The van der Waals surface area contributed by atoms with Gasteiger partial charge in [0.05, 0.1) is 17.7 Å². The van der Waals surface area contributed by atoms with Gasteiger partial charge in [0.15, 0.2) is 0 Å². The van der Waals surface area contributed by atoms with Gasteiger partial charge in [-0.15, -0.1) is 0 Å². The number of imide groups is 1. The third-order valence-corrected chi connectivity index (χ3v) is 4.80. The molecule has 1 aliphatic rings. The summed E-state index contributed by atoms with van der Waals surface area (Å²) in [5.41, 5.74) is 0.696. The fourth-order valence-corrected chi connectivity index (χ4v) is 3.31. The molecule has 6 heteroatoms. The van der Waals surface area contributed by atoms with Gasteiger partial charge < -0.3 is 9.64 Å². The van der Waals surface area contributed by atoms with Crippen LogP contribution in [0.2, 0.25) is 0 Å². The molecule has 1 atom stereocenters. The summed E-state index contributed by atoms with van der Waals surface area (Å²) >= 11 is 0. The van der Waals surface area contributed by atoms with Gasteiger partial charge in [-0.1, -0.05) is 44.2 Å². The molecule has 3 rings (SSSR count). The summed E-state index contributed by atoms with van der Waals surface area (Å²) in [4.78, 5) is 41.3. The number of nitrogens with zero attached hydrogens (tertiary/aromatic N) is 2. The lowest BCUT2D eigenvalue weighted by Gasteiger charge is -2.31. The zero-order valence-electron chi connectivity index (χ0n) is 16.3. The molecule has 0 saturated carbocycles. The van der Waals surface area contributed by atoms with Crippen LogP contribution in [0.1, 0.15) is 34.6 Å². The van der Waals surface area contributed by atoms with Gasteiger partial charge in [-0.25, -0.2) is 0 Å². The van der Waals surface area contributed by atoms with Crippen molar-refractivity contribution in [3.63, 3.8) is 0 Å². The number of benzene rings is 2. The van der Waals surface area contributed by atoms with E-state index in [2.05, 4.69) is 0 Å². The molecule has 146 valence electrons. The number of para-hydroxylation sites is 1. The third kappa shape index (κ3) is 3.76. The third-order valence-electron chi connectivity index (χ3n) is 4.80. The average Bonchev–Trinajstić information content (AvgIpc) is 2.94. The van der Waals surface area contributed by atoms with Crippen LogP contribution in [0.25, 0.3) is 0 Å². The molecular formula is C22H24N2O4. The van der Waals surface area contributed by atoms with Gasteiger partial charge in [-0.2, -0.15) is 0 Å². The molecule has 2 aromatic carbocycles. The van der Waals surface area contributed by atoms with Gasteiger partial charge in [0.2, 0.25) is 5.91 Å².